The average Bonchev–Trinajstić information content (AvgIpc) is 3.66. The molecule has 2 heterocycles. The van der Waals surface area contributed by atoms with E-state index in [0.29, 0.717) is 17.5 Å². The molecule has 0 fully saturated rings. The van der Waals surface area contributed by atoms with Crippen LogP contribution in [-0.2, 0) is 0 Å². The molecule has 0 saturated carbocycles. The zero-order chi connectivity index (χ0) is 36.3. The molecule has 0 unspecified atom stereocenters. The fraction of sp³-hybridized carbons (Fsp3) is 0. The minimum atomic E-state index is 0.0190. The van der Waals surface area contributed by atoms with Crippen molar-refractivity contribution in [3.63, 3.8) is 0 Å². The second-order valence-corrected chi connectivity index (χ2v) is 16.1. The summed E-state index contributed by atoms with van der Waals surface area (Å²) in [6.07, 6.45) is 0. The first-order valence-electron chi connectivity index (χ1n) is 18.5. The minimum absolute atomic E-state index is 0.0190. The third-order valence-electron chi connectivity index (χ3n) is 10.7. The molecule has 11 aromatic rings. The Morgan fingerprint density at radius 1 is 0.255 bits per heavy atom. The predicted octanol–water partition coefficient (Wildman–Crippen LogP) is 13.0. The van der Waals surface area contributed by atoms with Crippen LogP contribution < -0.4 is 0 Å². The number of hydrogen-bond donors (Lipinski definition) is 0. The maximum atomic E-state index is 5.23. The van der Waals surface area contributed by atoms with Crippen molar-refractivity contribution in [2.45, 2.75) is 0 Å². The summed E-state index contributed by atoms with van der Waals surface area (Å²) in [6, 6.07) is 67.2. The first-order valence-corrected chi connectivity index (χ1v) is 20.2. The molecule has 3 nitrogen and oxygen atoms in total. The molecule has 256 valence electrons. The van der Waals surface area contributed by atoms with Gasteiger partial charge in [0.2, 0.25) is 0 Å². The molecule has 0 amide bonds. The monoisotopic (exact) mass is 765 g/mol. The molecule has 0 bridgehead atoms. The van der Waals surface area contributed by atoms with Gasteiger partial charge in [0.25, 0.3) is 0 Å². The Hall–Kier alpha value is -6.71. The molecule has 0 spiro atoms. The van der Waals surface area contributed by atoms with E-state index in [1.54, 1.807) is 0 Å². The summed E-state index contributed by atoms with van der Waals surface area (Å²) in [4.78, 5) is 15.5. The van der Waals surface area contributed by atoms with Crippen molar-refractivity contribution < 1.29 is 0 Å². The van der Waals surface area contributed by atoms with E-state index in [4.69, 9.17) is 15.0 Å². The molecule has 11 rings (SSSR count). The number of hydrogen-bond acceptors (Lipinski definition) is 3. The molecule has 0 saturated heterocycles. The fourth-order valence-corrected chi connectivity index (χ4v) is 10.9. The van der Waals surface area contributed by atoms with Gasteiger partial charge >= 0.3 is 326 Å². The second kappa shape index (κ2) is 13.0. The van der Waals surface area contributed by atoms with E-state index >= 15 is 0 Å². The summed E-state index contributed by atoms with van der Waals surface area (Å²) >= 11 is 0.0190. The molecule has 0 atom stereocenters. The summed E-state index contributed by atoms with van der Waals surface area (Å²) in [5.74, 6) is 2.04. The van der Waals surface area contributed by atoms with Gasteiger partial charge in [-0.3, -0.25) is 0 Å². The van der Waals surface area contributed by atoms with Crippen LogP contribution in [0.1, 0.15) is 0 Å². The van der Waals surface area contributed by atoms with Crippen LogP contribution in [-0.4, -0.2) is 29.5 Å². The Bertz CT molecular complexity index is 3220. The van der Waals surface area contributed by atoms with Crippen LogP contribution in [0.3, 0.4) is 0 Å². The first kappa shape index (κ1) is 31.8. The third-order valence-corrected chi connectivity index (χ3v) is 13.4. The van der Waals surface area contributed by atoms with Crippen LogP contribution in [0.2, 0.25) is 0 Å². The van der Waals surface area contributed by atoms with Crippen LogP contribution in [0.25, 0.3) is 108 Å². The summed E-state index contributed by atoms with van der Waals surface area (Å²) in [6.45, 7) is 0. The van der Waals surface area contributed by atoms with Gasteiger partial charge in [-0.25, -0.2) is 0 Å². The van der Waals surface area contributed by atoms with Gasteiger partial charge in [-0.15, -0.1) is 0 Å². The number of benzene rings is 9. The van der Waals surface area contributed by atoms with Gasteiger partial charge < -0.3 is 0 Å². The zero-order valence-electron chi connectivity index (χ0n) is 29.6. The molecule has 9 aromatic carbocycles. The fourth-order valence-electron chi connectivity index (χ4n) is 8.11. The van der Waals surface area contributed by atoms with Crippen LogP contribution in [0, 0.1) is 0 Å². The Labute approximate surface area is 324 Å². The van der Waals surface area contributed by atoms with Gasteiger partial charge in [0.15, 0.2) is 0 Å². The van der Waals surface area contributed by atoms with E-state index < -0.39 is 0 Å². The van der Waals surface area contributed by atoms with Crippen molar-refractivity contribution in [1.82, 2.24) is 15.0 Å². The van der Waals surface area contributed by atoms with Crippen LogP contribution in [0.4, 0.5) is 0 Å². The summed E-state index contributed by atoms with van der Waals surface area (Å²) < 4.78 is 2.71. The van der Waals surface area contributed by atoms with Crippen molar-refractivity contribution in [1.29, 1.82) is 0 Å². The Balaban J connectivity index is 1.10. The summed E-state index contributed by atoms with van der Waals surface area (Å²) in [7, 11) is 0. The van der Waals surface area contributed by atoms with E-state index in [1.165, 1.54) is 62.7 Å². The number of fused-ring (bicyclic) bond motifs is 9. The molecule has 4 heteroatoms. The maximum absolute atomic E-state index is 5.23. The average molecular weight is 765 g/mol. The SMILES string of the molecule is c1ccc(-c2cccc(-c3nc(-c4ccccc4)nc(-c4cccc5c4[se]c4c(-c6ccc7c8ccccc8c8ccccc8c7c6)cccc45)n3)c2)cc1. The van der Waals surface area contributed by atoms with Gasteiger partial charge in [0.05, 0.1) is 0 Å². The molecule has 0 radical (unpaired) electrons. The van der Waals surface area contributed by atoms with Crippen molar-refractivity contribution in [2.24, 2.45) is 0 Å². The van der Waals surface area contributed by atoms with Gasteiger partial charge in [0.1, 0.15) is 0 Å². The number of nitrogens with zero attached hydrogens (tertiary/aromatic N) is 3. The van der Waals surface area contributed by atoms with E-state index in [-0.39, 0.29) is 14.5 Å². The predicted molar refractivity (Wildman–Crippen MR) is 231 cm³/mol. The molecule has 55 heavy (non-hydrogen) atoms. The topological polar surface area (TPSA) is 38.7 Å². The molecule has 0 aliphatic heterocycles. The molecule has 2 aromatic heterocycles. The summed E-state index contributed by atoms with van der Waals surface area (Å²) in [5, 5.41) is 10.3. The first-order chi connectivity index (χ1) is 27.3. The summed E-state index contributed by atoms with van der Waals surface area (Å²) in [5.41, 5.74) is 7.81. The van der Waals surface area contributed by atoms with Crippen molar-refractivity contribution in [3.05, 3.63) is 188 Å². The van der Waals surface area contributed by atoms with Gasteiger partial charge in [-0.05, 0) is 0 Å². The van der Waals surface area contributed by atoms with E-state index in [1.807, 2.05) is 24.3 Å². The number of rotatable bonds is 5. The standard InChI is InChI=1S/C51H31N3Se/c1-3-14-32(15-4-1)34-18-11-19-36(30-34)50-52-49(33-16-5-2-6-17-33)53-51(54-50)45-27-13-26-44-43-25-12-24-37(47(43)55-48(44)45)35-28-29-42-40-22-8-7-20-38(40)39-21-9-10-23-41(39)46(42)31-35/h1-31H. The van der Waals surface area contributed by atoms with E-state index in [0.717, 1.165) is 27.8 Å². The van der Waals surface area contributed by atoms with Crippen LogP contribution in [0.15, 0.2) is 188 Å². The Morgan fingerprint density at radius 2 is 0.709 bits per heavy atom. The van der Waals surface area contributed by atoms with E-state index in [9.17, 15) is 0 Å². The van der Waals surface area contributed by atoms with E-state index in [2.05, 4.69) is 164 Å². The van der Waals surface area contributed by atoms with Gasteiger partial charge in [0, 0.05) is 0 Å². The molecule has 0 aliphatic carbocycles. The molecule has 0 N–H and O–H groups in total. The van der Waals surface area contributed by atoms with Crippen molar-refractivity contribution in [2.75, 3.05) is 0 Å². The Kier molecular flexibility index (Phi) is 7.51. The molecular weight excluding hydrogens is 734 g/mol. The van der Waals surface area contributed by atoms with Gasteiger partial charge in [-0.2, -0.15) is 0 Å². The van der Waals surface area contributed by atoms with Crippen molar-refractivity contribution >= 4 is 66.1 Å². The quantitative estimate of drug-likeness (QED) is 0.129. The van der Waals surface area contributed by atoms with Gasteiger partial charge in [-0.1, -0.05) is 0 Å². The number of aromatic nitrogens is 3. The second-order valence-electron chi connectivity index (χ2n) is 13.9. The molecule has 0 aliphatic rings. The van der Waals surface area contributed by atoms with Crippen LogP contribution in [0.5, 0.6) is 0 Å². The van der Waals surface area contributed by atoms with Crippen molar-refractivity contribution in [3.8, 4) is 56.4 Å². The Morgan fingerprint density at radius 3 is 1.38 bits per heavy atom. The third kappa shape index (κ3) is 5.38. The molecular formula is C51H31N3Se. The zero-order valence-corrected chi connectivity index (χ0v) is 31.4. The normalized spacial score (nSPS) is 11.6. The van der Waals surface area contributed by atoms with Crippen LogP contribution >= 0.6 is 0 Å².